The number of nitrogens with zero attached hydrogens (tertiary/aromatic N) is 2. The SMILES string of the molecule is FC(F)(F)c1ccc(C2=NCCC/C2=C\c2c[nH]c3ccccc23)cn1. The molecule has 6 heteroatoms. The number of rotatable bonds is 2. The van der Waals surface area contributed by atoms with Gasteiger partial charge in [-0.2, -0.15) is 13.2 Å². The Morgan fingerprint density at radius 1 is 1.08 bits per heavy atom. The fourth-order valence-corrected chi connectivity index (χ4v) is 3.20. The molecule has 1 aromatic carbocycles. The average Bonchev–Trinajstić information content (AvgIpc) is 3.05. The lowest BCUT2D eigenvalue weighted by molar-refractivity contribution is -0.141. The number of hydrogen-bond acceptors (Lipinski definition) is 2. The van der Waals surface area contributed by atoms with Crippen LogP contribution in [-0.2, 0) is 6.18 Å². The van der Waals surface area contributed by atoms with Crippen LogP contribution in [0.3, 0.4) is 0 Å². The van der Waals surface area contributed by atoms with Crippen LogP contribution in [0.15, 0.2) is 59.4 Å². The highest BCUT2D eigenvalue weighted by atomic mass is 19.4. The molecule has 0 atom stereocenters. The summed E-state index contributed by atoms with van der Waals surface area (Å²) in [6, 6.07) is 10.5. The summed E-state index contributed by atoms with van der Waals surface area (Å²) in [6.07, 6.45) is 2.58. The Morgan fingerprint density at radius 3 is 2.69 bits per heavy atom. The van der Waals surface area contributed by atoms with Crippen LogP contribution in [0.5, 0.6) is 0 Å². The molecule has 0 saturated heterocycles. The van der Waals surface area contributed by atoms with Gasteiger partial charge in [0.15, 0.2) is 0 Å². The Morgan fingerprint density at radius 2 is 1.92 bits per heavy atom. The van der Waals surface area contributed by atoms with Crippen molar-refractivity contribution in [2.75, 3.05) is 6.54 Å². The van der Waals surface area contributed by atoms with Gasteiger partial charge in [0.2, 0.25) is 0 Å². The van der Waals surface area contributed by atoms with E-state index in [1.807, 2.05) is 30.5 Å². The van der Waals surface area contributed by atoms with Crippen molar-refractivity contribution in [1.82, 2.24) is 9.97 Å². The van der Waals surface area contributed by atoms with Crippen molar-refractivity contribution >= 4 is 22.7 Å². The number of aromatic amines is 1. The van der Waals surface area contributed by atoms with E-state index in [-0.39, 0.29) is 0 Å². The molecule has 0 fully saturated rings. The van der Waals surface area contributed by atoms with Gasteiger partial charge < -0.3 is 4.98 Å². The van der Waals surface area contributed by atoms with Crippen molar-refractivity contribution in [1.29, 1.82) is 0 Å². The highest BCUT2D eigenvalue weighted by Gasteiger charge is 2.32. The fraction of sp³-hybridized carbons (Fsp3) is 0.200. The molecule has 3 nitrogen and oxygen atoms in total. The quantitative estimate of drug-likeness (QED) is 0.670. The van der Waals surface area contributed by atoms with Gasteiger partial charge in [-0.3, -0.25) is 9.98 Å². The van der Waals surface area contributed by atoms with Crippen LogP contribution in [0.25, 0.3) is 17.0 Å². The van der Waals surface area contributed by atoms with Gasteiger partial charge in [0.05, 0.1) is 5.71 Å². The second kappa shape index (κ2) is 6.44. The van der Waals surface area contributed by atoms with Gasteiger partial charge in [-0.15, -0.1) is 0 Å². The number of aromatic nitrogens is 2. The van der Waals surface area contributed by atoms with E-state index >= 15 is 0 Å². The number of H-pyrrole nitrogens is 1. The summed E-state index contributed by atoms with van der Waals surface area (Å²) in [5, 5.41) is 1.11. The normalized spacial score (nSPS) is 16.9. The molecule has 0 bridgehead atoms. The second-order valence-corrected chi connectivity index (χ2v) is 6.22. The maximum absolute atomic E-state index is 12.7. The number of allylic oxidation sites excluding steroid dienone is 1. The summed E-state index contributed by atoms with van der Waals surface area (Å²) in [7, 11) is 0. The molecular weight excluding hydrogens is 339 g/mol. The zero-order valence-electron chi connectivity index (χ0n) is 13.8. The summed E-state index contributed by atoms with van der Waals surface area (Å²) >= 11 is 0. The summed E-state index contributed by atoms with van der Waals surface area (Å²) in [5.41, 5.74) is 3.56. The lowest BCUT2D eigenvalue weighted by Gasteiger charge is -2.16. The summed E-state index contributed by atoms with van der Waals surface area (Å²) in [4.78, 5) is 11.4. The van der Waals surface area contributed by atoms with E-state index in [1.54, 1.807) is 0 Å². The van der Waals surface area contributed by atoms with Gasteiger partial charge in [0, 0.05) is 41.0 Å². The third-order valence-electron chi connectivity index (χ3n) is 4.46. The standard InChI is InChI=1S/C20H16F3N3/c21-20(22,23)18-8-7-14(11-26-18)19-13(4-3-9-24-19)10-15-12-25-17-6-2-1-5-16(15)17/h1-2,5-8,10-12,25H,3-4,9H2/b13-10+. The summed E-state index contributed by atoms with van der Waals surface area (Å²) in [5.74, 6) is 0. The number of nitrogens with one attached hydrogen (secondary N) is 1. The minimum absolute atomic E-state index is 0.615. The third kappa shape index (κ3) is 3.14. The monoisotopic (exact) mass is 355 g/mol. The zero-order chi connectivity index (χ0) is 18.1. The van der Waals surface area contributed by atoms with Gasteiger partial charge in [-0.1, -0.05) is 18.2 Å². The molecule has 2 aromatic heterocycles. The molecule has 0 unspecified atom stereocenters. The largest absolute Gasteiger partial charge is 0.433 e. The maximum atomic E-state index is 12.7. The number of halogens is 3. The van der Waals surface area contributed by atoms with Crippen LogP contribution < -0.4 is 0 Å². The van der Waals surface area contributed by atoms with Crippen molar-refractivity contribution in [2.24, 2.45) is 4.99 Å². The van der Waals surface area contributed by atoms with E-state index in [0.29, 0.717) is 12.1 Å². The Kier molecular flexibility index (Phi) is 4.11. The molecule has 0 aliphatic carbocycles. The molecule has 1 N–H and O–H groups in total. The molecule has 3 aromatic rings. The molecule has 3 heterocycles. The van der Waals surface area contributed by atoms with Crippen molar-refractivity contribution in [3.63, 3.8) is 0 Å². The van der Waals surface area contributed by atoms with Crippen molar-refractivity contribution in [3.05, 3.63) is 71.2 Å². The van der Waals surface area contributed by atoms with Crippen LogP contribution >= 0.6 is 0 Å². The van der Waals surface area contributed by atoms with Crippen molar-refractivity contribution < 1.29 is 13.2 Å². The van der Waals surface area contributed by atoms with Gasteiger partial charge in [-0.25, -0.2) is 0 Å². The minimum Gasteiger partial charge on any atom is -0.361 e. The van der Waals surface area contributed by atoms with Crippen LogP contribution in [-0.4, -0.2) is 22.2 Å². The molecule has 1 aliphatic heterocycles. The maximum Gasteiger partial charge on any atom is 0.433 e. The average molecular weight is 355 g/mol. The highest BCUT2D eigenvalue weighted by molar-refractivity contribution is 6.15. The van der Waals surface area contributed by atoms with Gasteiger partial charge >= 0.3 is 6.18 Å². The number of alkyl halides is 3. The Labute approximate surface area is 148 Å². The molecule has 0 amide bonds. The Balaban J connectivity index is 1.72. The third-order valence-corrected chi connectivity index (χ3v) is 4.46. The zero-order valence-corrected chi connectivity index (χ0v) is 13.8. The van der Waals surface area contributed by atoms with E-state index in [2.05, 4.69) is 21.0 Å². The first-order valence-corrected chi connectivity index (χ1v) is 8.37. The number of benzene rings is 1. The van der Waals surface area contributed by atoms with E-state index in [1.165, 1.54) is 12.3 Å². The molecule has 4 rings (SSSR count). The van der Waals surface area contributed by atoms with Crippen molar-refractivity contribution in [2.45, 2.75) is 19.0 Å². The highest BCUT2D eigenvalue weighted by Crippen LogP contribution is 2.29. The van der Waals surface area contributed by atoms with Crippen LogP contribution in [0.4, 0.5) is 13.2 Å². The van der Waals surface area contributed by atoms with E-state index in [4.69, 9.17) is 0 Å². The van der Waals surface area contributed by atoms with Crippen LogP contribution in [0.2, 0.25) is 0 Å². The van der Waals surface area contributed by atoms with Gasteiger partial charge in [0.25, 0.3) is 0 Å². The van der Waals surface area contributed by atoms with E-state index < -0.39 is 11.9 Å². The smallest absolute Gasteiger partial charge is 0.361 e. The number of pyridine rings is 1. The molecule has 26 heavy (non-hydrogen) atoms. The predicted molar refractivity (Wildman–Crippen MR) is 96.2 cm³/mol. The molecule has 0 spiro atoms. The summed E-state index contributed by atoms with van der Waals surface area (Å²) in [6.45, 7) is 0.668. The van der Waals surface area contributed by atoms with Crippen LogP contribution in [0.1, 0.15) is 29.7 Å². The van der Waals surface area contributed by atoms with E-state index in [0.717, 1.165) is 46.7 Å². The van der Waals surface area contributed by atoms with Crippen LogP contribution in [0, 0.1) is 0 Å². The first-order valence-electron chi connectivity index (χ1n) is 8.37. The van der Waals surface area contributed by atoms with E-state index in [9.17, 15) is 13.2 Å². The number of fused-ring (bicyclic) bond motifs is 1. The summed E-state index contributed by atoms with van der Waals surface area (Å²) < 4.78 is 38.2. The number of hydrogen-bond donors (Lipinski definition) is 1. The molecule has 0 radical (unpaired) electrons. The number of para-hydroxylation sites is 1. The minimum atomic E-state index is -4.43. The second-order valence-electron chi connectivity index (χ2n) is 6.22. The lowest BCUT2D eigenvalue weighted by atomic mass is 9.94. The van der Waals surface area contributed by atoms with Gasteiger partial charge in [0.1, 0.15) is 5.69 Å². The molecule has 0 saturated carbocycles. The Bertz CT molecular complexity index is 995. The molecule has 132 valence electrons. The molecule has 1 aliphatic rings. The topological polar surface area (TPSA) is 41.0 Å². The molecular formula is C20H16F3N3. The van der Waals surface area contributed by atoms with Gasteiger partial charge in [-0.05, 0) is 42.7 Å². The first kappa shape index (κ1) is 16.6. The fourth-order valence-electron chi connectivity index (χ4n) is 3.20. The van der Waals surface area contributed by atoms with Crippen molar-refractivity contribution in [3.8, 4) is 0 Å². The number of aliphatic imine (C=N–C) groups is 1. The predicted octanol–water partition coefficient (Wildman–Crippen LogP) is 5.25. The first-order chi connectivity index (χ1) is 12.5. The lowest BCUT2D eigenvalue weighted by Crippen LogP contribution is -2.14. The Hall–Kier alpha value is -2.89.